The fourth-order valence-electron chi connectivity index (χ4n) is 4.89. The molecule has 0 aliphatic carbocycles. The summed E-state index contributed by atoms with van der Waals surface area (Å²) in [6, 6.07) is 30.8. The molecule has 1 amide bonds. The Labute approximate surface area is 259 Å². The van der Waals surface area contributed by atoms with Crippen LogP contribution in [0.15, 0.2) is 115 Å². The Bertz CT molecular complexity index is 1580. The number of nitrogens with zero attached hydrogens (tertiary/aromatic N) is 1. The second kappa shape index (κ2) is 15.9. The number of amides is 1. The van der Waals surface area contributed by atoms with Crippen LogP contribution >= 0.6 is 0 Å². The summed E-state index contributed by atoms with van der Waals surface area (Å²) in [4.78, 5) is 40.4. The quantitative estimate of drug-likeness (QED) is 0.0753. The van der Waals surface area contributed by atoms with Gasteiger partial charge in [-0.15, -0.1) is 0 Å². The van der Waals surface area contributed by atoms with E-state index >= 15 is 0 Å². The zero-order valence-electron chi connectivity index (χ0n) is 25.4. The number of benzene rings is 4. The fourth-order valence-corrected chi connectivity index (χ4v) is 4.89. The predicted octanol–water partition coefficient (Wildman–Crippen LogP) is 6.80. The molecule has 7 heteroatoms. The number of esters is 1. The molecule has 1 atom stereocenters. The molecule has 0 saturated heterocycles. The van der Waals surface area contributed by atoms with Gasteiger partial charge in [0.15, 0.2) is 5.78 Å². The average molecular weight is 591 g/mol. The van der Waals surface area contributed by atoms with Gasteiger partial charge < -0.3 is 19.7 Å². The van der Waals surface area contributed by atoms with Gasteiger partial charge in [0.05, 0.1) is 13.7 Å². The molecule has 4 rings (SSSR count). The number of ether oxygens (including phenoxy) is 2. The van der Waals surface area contributed by atoms with Crippen molar-refractivity contribution >= 4 is 29.0 Å². The lowest BCUT2D eigenvalue weighted by molar-refractivity contribution is -0.141. The average Bonchev–Trinajstić information content (AvgIpc) is 3.05. The highest BCUT2D eigenvalue weighted by molar-refractivity contribution is 6.12. The van der Waals surface area contributed by atoms with E-state index < -0.39 is 12.0 Å². The molecule has 0 aliphatic rings. The lowest BCUT2D eigenvalue weighted by Gasteiger charge is -2.23. The Morgan fingerprint density at radius 3 is 2.25 bits per heavy atom. The number of rotatable bonds is 14. The standard InChI is InChI=1S/C37H38N2O5/c1-4-13-35(40)39(34-19-11-8-14-27(34)2)24-12-25-44-30-22-20-28(21-23-30)26-33(37(42)43-3)38-32-18-10-9-17-31(32)36(41)29-15-6-5-7-16-29/h4-11,13-23,33,38H,12,24-26H2,1-3H3/b13-4+/t33-/m0/s1. The topological polar surface area (TPSA) is 84.9 Å². The second-order valence-electron chi connectivity index (χ2n) is 10.3. The van der Waals surface area contributed by atoms with Gasteiger partial charge >= 0.3 is 5.97 Å². The largest absolute Gasteiger partial charge is 0.494 e. The summed E-state index contributed by atoms with van der Waals surface area (Å²) in [6.07, 6.45) is 4.31. The minimum atomic E-state index is -0.710. The van der Waals surface area contributed by atoms with E-state index in [9.17, 15) is 14.4 Å². The van der Waals surface area contributed by atoms with Crippen LogP contribution < -0.4 is 15.0 Å². The summed E-state index contributed by atoms with van der Waals surface area (Å²) in [7, 11) is 1.35. The Balaban J connectivity index is 1.37. The zero-order valence-corrected chi connectivity index (χ0v) is 25.4. The minimum absolute atomic E-state index is 0.0630. The predicted molar refractivity (Wildman–Crippen MR) is 174 cm³/mol. The first-order valence-electron chi connectivity index (χ1n) is 14.7. The number of anilines is 2. The zero-order chi connectivity index (χ0) is 31.3. The number of hydrogen-bond donors (Lipinski definition) is 1. The number of para-hydroxylation sites is 2. The smallest absolute Gasteiger partial charge is 0.328 e. The van der Waals surface area contributed by atoms with Gasteiger partial charge in [-0.25, -0.2) is 4.79 Å². The van der Waals surface area contributed by atoms with E-state index in [-0.39, 0.29) is 11.7 Å². The summed E-state index contributed by atoms with van der Waals surface area (Å²) in [5, 5.41) is 3.24. The van der Waals surface area contributed by atoms with Crippen LogP contribution in [-0.4, -0.2) is 44.0 Å². The molecule has 0 heterocycles. The molecule has 4 aromatic carbocycles. The summed E-state index contributed by atoms with van der Waals surface area (Å²) >= 11 is 0. The SMILES string of the molecule is C/C=C/C(=O)N(CCCOc1ccc(C[C@H](Nc2ccccc2C(=O)c2ccccc2)C(=O)OC)cc1)c1ccccc1C. The summed E-state index contributed by atoms with van der Waals surface area (Å²) in [5.41, 5.74) is 4.43. The van der Waals surface area contributed by atoms with Gasteiger partial charge in [-0.05, 0) is 67.8 Å². The van der Waals surface area contributed by atoms with Crippen molar-refractivity contribution in [3.8, 4) is 5.75 Å². The molecule has 226 valence electrons. The Morgan fingerprint density at radius 1 is 0.864 bits per heavy atom. The first-order chi connectivity index (χ1) is 21.4. The van der Waals surface area contributed by atoms with Gasteiger partial charge in [-0.3, -0.25) is 9.59 Å². The molecule has 4 aromatic rings. The van der Waals surface area contributed by atoms with Crippen LogP contribution in [0, 0.1) is 6.92 Å². The maximum atomic E-state index is 13.2. The molecule has 0 spiro atoms. The Kier molecular flexibility index (Phi) is 11.5. The lowest BCUT2D eigenvalue weighted by Crippen LogP contribution is -2.33. The van der Waals surface area contributed by atoms with Gasteiger partial charge in [0.25, 0.3) is 5.91 Å². The second-order valence-corrected chi connectivity index (χ2v) is 10.3. The highest BCUT2D eigenvalue weighted by Crippen LogP contribution is 2.23. The summed E-state index contributed by atoms with van der Waals surface area (Å²) in [5.74, 6) is 0.0642. The van der Waals surface area contributed by atoms with Crippen LogP contribution in [0.1, 0.15) is 40.4 Å². The van der Waals surface area contributed by atoms with E-state index in [4.69, 9.17) is 9.47 Å². The maximum absolute atomic E-state index is 13.2. The van der Waals surface area contributed by atoms with Crippen molar-refractivity contribution in [1.29, 1.82) is 0 Å². The van der Waals surface area contributed by atoms with Crippen molar-refractivity contribution in [1.82, 2.24) is 0 Å². The molecule has 0 aromatic heterocycles. The fraction of sp³-hybridized carbons (Fsp3) is 0.216. The lowest BCUT2D eigenvalue weighted by atomic mass is 10.00. The molecule has 0 aliphatic heterocycles. The highest BCUT2D eigenvalue weighted by Gasteiger charge is 2.23. The van der Waals surface area contributed by atoms with Crippen molar-refractivity contribution in [2.75, 3.05) is 30.5 Å². The molecule has 44 heavy (non-hydrogen) atoms. The van der Waals surface area contributed by atoms with Crippen molar-refractivity contribution < 1.29 is 23.9 Å². The molecular weight excluding hydrogens is 552 g/mol. The first-order valence-corrected chi connectivity index (χ1v) is 14.7. The van der Waals surface area contributed by atoms with E-state index in [0.29, 0.717) is 48.6 Å². The molecule has 0 fully saturated rings. The van der Waals surface area contributed by atoms with Crippen molar-refractivity contribution in [2.45, 2.75) is 32.7 Å². The third-order valence-electron chi connectivity index (χ3n) is 7.16. The number of methoxy groups -OCH3 is 1. The third-order valence-corrected chi connectivity index (χ3v) is 7.16. The van der Waals surface area contributed by atoms with Crippen molar-refractivity contribution in [2.24, 2.45) is 0 Å². The number of nitrogens with one attached hydrogen (secondary N) is 1. The summed E-state index contributed by atoms with van der Waals surface area (Å²) < 4.78 is 11.0. The number of carbonyl (C=O) groups excluding carboxylic acids is 3. The van der Waals surface area contributed by atoms with Crippen LogP contribution in [0.25, 0.3) is 0 Å². The Morgan fingerprint density at radius 2 is 1.55 bits per heavy atom. The maximum Gasteiger partial charge on any atom is 0.328 e. The van der Waals surface area contributed by atoms with Gasteiger partial charge in [-0.1, -0.05) is 78.9 Å². The Hall–Kier alpha value is -5.17. The monoisotopic (exact) mass is 590 g/mol. The van der Waals surface area contributed by atoms with E-state index in [0.717, 1.165) is 16.8 Å². The number of carbonyl (C=O) groups is 3. The normalized spacial score (nSPS) is 11.5. The molecule has 0 saturated carbocycles. The van der Waals surface area contributed by atoms with E-state index in [1.165, 1.54) is 7.11 Å². The van der Waals surface area contributed by atoms with Gasteiger partial charge in [-0.2, -0.15) is 0 Å². The van der Waals surface area contributed by atoms with Gasteiger partial charge in [0.1, 0.15) is 11.8 Å². The van der Waals surface area contributed by atoms with E-state index in [1.54, 1.807) is 47.4 Å². The van der Waals surface area contributed by atoms with Crippen LogP contribution in [0.3, 0.4) is 0 Å². The molecule has 0 bridgehead atoms. The van der Waals surface area contributed by atoms with E-state index in [2.05, 4.69) is 5.32 Å². The molecule has 0 radical (unpaired) electrons. The third kappa shape index (κ3) is 8.44. The molecular formula is C37H38N2O5. The van der Waals surface area contributed by atoms with Crippen molar-refractivity contribution in [3.63, 3.8) is 0 Å². The van der Waals surface area contributed by atoms with Crippen LogP contribution in [0.2, 0.25) is 0 Å². The van der Waals surface area contributed by atoms with Crippen LogP contribution in [0.4, 0.5) is 11.4 Å². The molecule has 0 unspecified atom stereocenters. The van der Waals surface area contributed by atoms with Crippen LogP contribution in [0.5, 0.6) is 5.75 Å². The highest BCUT2D eigenvalue weighted by atomic mass is 16.5. The summed E-state index contributed by atoms with van der Waals surface area (Å²) in [6.45, 7) is 4.78. The van der Waals surface area contributed by atoms with Crippen molar-refractivity contribution in [3.05, 3.63) is 138 Å². The van der Waals surface area contributed by atoms with Gasteiger partial charge in [0.2, 0.25) is 0 Å². The molecule has 7 nitrogen and oxygen atoms in total. The minimum Gasteiger partial charge on any atom is -0.494 e. The first kappa shape index (κ1) is 31.8. The molecule has 1 N–H and O–H groups in total. The number of allylic oxidation sites excluding steroid dienone is 1. The van der Waals surface area contributed by atoms with Gasteiger partial charge in [0, 0.05) is 35.5 Å². The van der Waals surface area contributed by atoms with Crippen LogP contribution in [-0.2, 0) is 20.7 Å². The number of ketones is 1. The van der Waals surface area contributed by atoms with E-state index in [1.807, 2.05) is 86.6 Å². The number of aryl methyl sites for hydroxylation is 1. The number of hydrogen-bond acceptors (Lipinski definition) is 6.